The molecule has 2 aromatic carbocycles. The molecule has 0 aliphatic carbocycles. The topological polar surface area (TPSA) is 84.7 Å². The highest BCUT2D eigenvalue weighted by Gasteiger charge is 2.28. The first-order valence-electron chi connectivity index (χ1n) is 9.11. The Morgan fingerprint density at radius 2 is 2.00 bits per heavy atom. The average Bonchev–Trinajstić information content (AvgIpc) is 2.73. The normalized spacial score (nSPS) is 16.9. The molecule has 2 aromatic rings. The molecular formula is C21H25N3O3S. The smallest absolute Gasteiger partial charge is 0.412 e. The third-order valence-electron chi connectivity index (χ3n) is 4.07. The molecule has 0 fully saturated rings. The van der Waals surface area contributed by atoms with Gasteiger partial charge in [-0.25, -0.2) is 4.79 Å². The molecule has 3 rings (SSSR count). The summed E-state index contributed by atoms with van der Waals surface area (Å²) in [4.78, 5) is 27.6. The van der Waals surface area contributed by atoms with Gasteiger partial charge in [-0.1, -0.05) is 24.3 Å². The third kappa shape index (κ3) is 5.05. The zero-order valence-electron chi connectivity index (χ0n) is 16.3. The number of nitrogens with two attached hydrogens (primary N) is 1. The van der Waals surface area contributed by atoms with Gasteiger partial charge in [-0.3, -0.25) is 10.1 Å². The van der Waals surface area contributed by atoms with Gasteiger partial charge in [-0.2, -0.15) is 0 Å². The van der Waals surface area contributed by atoms with Gasteiger partial charge in [0.2, 0.25) is 5.91 Å². The van der Waals surface area contributed by atoms with Crippen LogP contribution in [0.2, 0.25) is 0 Å². The van der Waals surface area contributed by atoms with E-state index in [9.17, 15) is 9.59 Å². The van der Waals surface area contributed by atoms with Gasteiger partial charge in [0.15, 0.2) is 0 Å². The molecule has 1 aliphatic rings. The summed E-state index contributed by atoms with van der Waals surface area (Å²) in [5, 5.41) is 2.73. The van der Waals surface area contributed by atoms with Gasteiger partial charge < -0.3 is 15.4 Å². The van der Waals surface area contributed by atoms with Crippen LogP contribution in [0.1, 0.15) is 26.3 Å². The summed E-state index contributed by atoms with van der Waals surface area (Å²) >= 11 is 1.59. The van der Waals surface area contributed by atoms with Crippen molar-refractivity contribution in [3.05, 3.63) is 54.1 Å². The molecule has 0 spiro atoms. The van der Waals surface area contributed by atoms with Gasteiger partial charge in [0.05, 0.1) is 18.3 Å². The number of rotatable bonds is 3. The molecule has 6 nitrogen and oxygen atoms in total. The lowest BCUT2D eigenvalue weighted by Crippen LogP contribution is -2.44. The van der Waals surface area contributed by atoms with Gasteiger partial charge in [0, 0.05) is 16.3 Å². The summed E-state index contributed by atoms with van der Waals surface area (Å²) in [6.07, 6.45) is -0.515. The third-order valence-corrected chi connectivity index (χ3v) is 5.25. The van der Waals surface area contributed by atoms with Crippen LogP contribution in [0.3, 0.4) is 0 Å². The highest BCUT2D eigenvalue weighted by molar-refractivity contribution is 7.99. The van der Waals surface area contributed by atoms with Crippen LogP contribution in [-0.2, 0) is 16.1 Å². The van der Waals surface area contributed by atoms with E-state index in [-0.39, 0.29) is 5.91 Å². The van der Waals surface area contributed by atoms with E-state index in [2.05, 4.69) is 5.32 Å². The Kier molecular flexibility index (Phi) is 5.96. The molecule has 7 heteroatoms. The number of ether oxygens (including phenoxy) is 1. The van der Waals surface area contributed by atoms with E-state index in [1.54, 1.807) is 22.7 Å². The van der Waals surface area contributed by atoms with E-state index in [0.717, 1.165) is 16.1 Å². The first-order chi connectivity index (χ1) is 13.2. The van der Waals surface area contributed by atoms with Crippen LogP contribution in [0, 0.1) is 0 Å². The molecule has 1 unspecified atom stereocenters. The monoisotopic (exact) mass is 399 g/mol. The molecule has 1 aliphatic heterocycles. The molecule has 0 aromatic heterocycles. The molecular weight excluding hydrogens is 374 g/mol. The van der Waals surface area contributed by atoms with Crippen molar-refractivity contribution in [1.82, 2.24) is 0 Å². The number of thioether (sulfide) groups is 1. The minimum Gasteiger partial charge on any atom is -0.444 e. The predicted molar refractivity (Wildman–Crippen MR) is 113 cm³/mol. The van der Waals surface area contributed by atoms with Crippen LogP contribution in [0.25, 0.3) is 0 Å². The molecule has 0 saturated carbocycles. The van der Waals surface area contributed by atoms with Crippen LogP contribution in [0.5, 0.6) is 0 Å². The molecule has 1 heterocycles. The summed E-state index contributed by atoms with van der Waals surface area (Å²) in [6, 6.07) is 14.6. The zero-order valence-corrected chi connectivity index (χ0v) is 17.1. The van der Waals surface area contributed by atoms with E-state index in [1.165, 1.54) is 0 Å². The van der Waals surface area contributed by atoms with Crippen molar-refractivity contribution in [1.29, 1.82) is 0 Å². The number of carbonyl (C=O) groups is 2. The molecule has 0 saturated heterocycles. The number of para-hydroxylation sites is 1. The van der Waals surface area contributed by atoms with Crippen molar-refractivity contribution in [2.45, 2.75) is 43.9 Å². The standard InChI is InChI=1S/C21H25N3O3S/c1-21(2,3)27-20(26)23-15-8-6-7-14(11-15)12-24-17-9-4-5-10-18(17)28-13-16(22)19(24)25/h4-11,16H,12-13,22H2,1-3H3,(H,23,26). The van der Waals surface area contributed by atoms with Crippen molar-refractivity contribution < 1.29 is 14.3 Å². The average molecular weight is 400 g/mol. The number of nitrogens with zero attached hydrogens (tertiary/aromatic N) is 1. The second kappa shape index (κ2) is 8.24. The second-order valence-electron chi connectivity index (χ2n) is 7.64. The number of carbonyl (C=O) groups excluding carboxylic acids is 2. The SMILES string of the molecule is CC(C)(C)OC(=O)Nc1cccc(CN2C(=O)C(N)CSc3ccccc32)c1. The van der Waals surface area contributed by atoms with Crippen molar-refractivity contribution in [3.8, 4) is 0 Å². The number of benzene rings is 2. The van der Waals surface area contributed by atoms with Crippen molar-refractivity contribution in [3.63, 3.8) is 0 Å². The second-order valence-corrected chi connectivity index (χ2v) is 8.70. The lowest BCUT2D eigenvalue weighted by Gasteiger charge is -2.24. The molecule has 1 atom stereocenters. The Bertz CT molecular complexity index is 879. The van der Waals surface area contributed by atoms with Crippen LogP contribution in [0.4, 0.5) is 16.2 Å². The predicted octanol–water partition coefficient (Wildman–Crippen LogP) is 4.00. The van der Waals surface area contributed by atoms with Crippen molar-refractivity contribution in [2.24, 2.45) is 5.73 Å². The Morgan fingerprint density at radius 3 is 2.75 bits per heavy atom. The first-order valence-corrected chi connectivity index (χ1v) is 10.1. The van der Waals surface area contributed by atoms with Gasteiger partial charge in [-0.15, -0.1) is 11.8 Å². The Hall–Kier alpha value is -2.51. The first kappa shape index (κ1) is 20.2. The zero-order chi connectivity index (χ0) is 20.3. The fraction of sp³-hybridized carbons (Fsp3) is 0.333. The fourth-order valence-corrected chi connectivity index (χ4v) is 3.89. The van der Waals surface area contributed by atoms with E-state index in [0.29, 0.717) is 18.0 Å². The minimum atomic E-state index is -0.572. The maximum absolute atomic E-state index is 12.8. The number of amides is 2. The molecule has 0 radical (unpaired) electrons. The number of anilines is 2. The summed E-state index contributed by atoms with van der Waals surface area (Å²) in [5.74, 6) is 0.440. The lowest BCUT2D eigenvalue weighted by atomic mass is 10.1. The molecule has 0 bridgehead atoms. The van der Waals surface area contributed by atoms with Gasteiger partial charge in [0.1, 0.15) is 5.60 Å². The number of fused-ring (bicyclic) bond motifs is 1. The maximum atomic E-state index is 12.8. The van der Waals surface area contributed by atoms with E-state index >= 15 is 0 Å². The Labute approximate surface area is 169 Å². The molecule has 28 heavy (non-hydrogen) atoms. The quantitative estimate of drug-likeness (QED) is 0.815. The maximum Gasteiger partial charge on any atom is 0.412 e. The van der Waals surface area contributed by atoms with Crippen LogP contribution in [0.15, 0.2) is 53.4 Å². The Morgan fingerprint density at radius 1 is 1.25 bits per heavy atom. The minimum absolute atomic E-state index is 0.108. The highest BCUT2D eigenvalue weighted by Crippen LogP contribution is 2.34. The summed E-state index contributed by atoms with van der Waals surface area (Å²) < 4.78 is 5.29. The fourth-order valence-electron chi connectivity index (χ4n) is 2.89. The Balaban J connectivity index is 1.81. The molecule has 2 amide bonds. The number of hydrogen-bond donors (Lipinski definition) is 2. The van der Waals surface area contributed by atoms with Crippen LogP contribution >= 0.6 is 11.8 Å². The van der Waals surface area contributed by atoms with Crippen molar-refractivity contribution >= 4 is 35.1 Å². The van der Waals surface area contributed by atoms with Crippen LogP contribution < -0.4 is 16.0 Å². The van der Waals surface area contributed by atoms with Gasteiger partial charge >= 0.3 is 6.09 Å². The van der Waals surface area contributed by atoms with E-state index < -0.39 is 17.7 Å². The largest absolute Gasteiger partial charge is 0.444 e. The van der Waals surface area contributed by atoms with Gasteiger partial charge in [0.25, 0.3) is 0 Å². The molecule has 3 N–H and O–H groups in total. The number of nitrogens with one attached hydrogen (secondary N) is 1. The molecule has 148 valence electrons. The van der Waals surface area contributed by atoms with E-state index in [1.807, 2.05) is 63.2 Å². The van der Waals surface area contributed by atoms with E-state index in [4.69, 9.17) is 10.5 Å². The van der Waals surface area contributed by atoms with Crippen LogP contribution in [-0.4, -0.2) is 29.4 Å². The lowest BCUT2D eigenvalue weighted by molar-refractivity contribution is -0.119. The summed E-state index contributed by atoms with van der Waals surface area (Å²) in [5.41, 5.74) is 7.85. The highest BCUT2D eigenvalue weighted by atomic mass is 32.2. The van der Waals surface area contributed by atoms with Gasteiger partial charge in [-0.05, 0) is 50.6 Å². The van der Waals surface area contributed by atoms with Crippen molar-refractivity contribution in [2.75, 3.05) is 16.0 Å². The number of hydrogen-bond acceptors (Lipinski definition) is 5. The summed E-state index contributed by atoms with van der Waals surface area (Å²) in [6.45, 7) is 5.81. The summed E-state index contributed by atoms with van der Waals surface area (Å²) in [7, 11) is 0.